The molecule has 0 aliphatic carbocycles. The van der Waals surface area contributed by atoms with E-state index in [9.17, 15) is 4.79 Å². The van der Waals surface area contributed by atoms with Crippen LogP contribution in [-0.4, -0.2) is 50.1 Å². The molecule has 4 nitrogen and oxygen atoms in total. The van der Waals surface area contributed by atoms with Crippen LogP contribution >= 0.6 is 0 Å². The third kappa shape index (κ3) is 2.69. The summed E-state index contributed by atoms with van der Waals surface area (Å²) in [6.07, 6.45) is 3.48. The first-order valence-corrected chi connectivity index (χ1v) is 5.96. The Kier molecular flexibility index (Phi) is 3.59. The van der Waals surface area contributed by atoms with Gasteiger partial charge >= 0.3 is 0 Å². The van der Waals surface area contributed by atoms with E-state index in [0.717, 1.165) is 26.1 Å². The van der Waals surface area contributed by atoms with E-state index in [-0.39, 0.29) is 11.8 Å². The lowest BCUT2D eigenvalue weighted by Crippen LogP contribution is -2.41. The number of likely N-dealkylation sites (N-methyl/N-ethyl adjacent to an activating group) is 1. The second-order valence-corrected chi connectivity index (χ2v) is 4.71. The Labute approximate surface area is 91.4 Å². The summed E-state index contributed by atoms with van der Waals surface area (Å²) in [5, 5.41) is 6.30. The maximum Gasteiger partial charge on any atom is 0.224 e. The minimum atomic E-state index is 0.205. The van der Waals surface area contributed by atoms with Gasteiger partial charge in [0.05, 0.1) is 5.92 Å². The Balaban J connectivity index is 1.70. The Morgan fingerprint density at radius 3 is 3.00 bits per heavy atom. The lowest BCUT2D eigenvalue weighted by atomic mass is 10.1. The molecule has 15 heavy (non-hydrogen) atoms. The molecular weight excluding hydrogens is 190 g/mol. The van der Waals surface area contributed by atoms with Crippen molar-refractivity contribution in [3.05, 3.63) is 0 Å². The smallest absolute Gasteiger partial charge is 0.224 e. The highest BCUT2D eigenvalue weighted by molar-refractivity contribution is 5.79. The van der Waals surface area contributed by atoms with E-state index < -0.39 is 0 Å². The third-order valence-corrected chi connectivity index (χ3v) is 3.61. The van der Waals surface area contributed by atoms with Gasteiger partial charge in [-0.2, -0.15) is 0 Å². The van der Waals surface area contributed by atoms with Crippen molar-refractivity contribution in [3.8, 4) is 0 Å². The van der Waals surface area contributed by atoms with Gasteiger partial charge in [0.25, 0.3) is 0 Å². The van der Waals surface area contributed by atoms with Gasteiger partial charge in [0.1, 0.15) is 0 Å². The Morgan fingerprint density at radius 2 is 2.40 bits per heavy atom. The van der Waals surface area contributed by atoms with Crippen LogP contribution in [0.25, 0.3) is 0 Å². The number of nitrogens with zero attached hydrogens (tertiary/aromatic N) is 1. The van der Waals surface area contributed by atoms with Crippen LogP contribution < -0.4 is 10.6 Å². The van der Waals surface area contributed by atoms with Crippen LogP contribution in [0.3, 0.4) is 0 Å². The van der Waals surface area contributed by atoms with E-state index in [1.54, 1.807) is 0 Å². The molecule has 0 radical (unpaired) electrons. The number of likely N-dealkylation sites (tertiary alicyclic amines) is 1. The molecule has 2 saturated heterocycles. The molecule has 0 saturated carbocycles. The van der Waals surface area contributed by atoms with Gasteiger partial charge in [0.15, 0.2) is 0 Å². The van der Waals surface area contributed by atoms with Crippen molar-refractivity contribution in [1.29, 1.82) is 0 Å². The molecule has 0 aromatic carbocycles. The molecule has 2 atom stereocenters. The fourth-order valence-electron chi connectivity index (χ4n) is 2.48. The molecule has 2 aliphatic heterocycles. The minimum Gasteiger partial charge on any atom is -0.354 e. The van der Waals surface area contributed by atoms with Gasteiger partial charge in [-0.05, 0) is 39.4 Å². The van der Waals surface area contributed by atoms with Crippen LogP contribution in [-0.2, 0) is 4.79 Å². The van der Waals surface area contributed by atoms with Crippen molar-refractivity contribution < 1.29 is 4.79 Å². The van der Waals surface area contributed by atoms with Gasteiger partial charge in [-0.15, -0.1) is 0 Å². The van der Waals surface area contributed by atoms with Crippen LogP contribution in [0.4, 0.5) is 0 Å². The molecule has 2 N–H and O–H groups in total. The van der Waals surface area contributed by atoms with E-state index in [1.807, 2.05) is 0 Å². The SMILES string of the molecule is CN1CCCC1CNC(=O)C1CCNC1. The summed E-state index contributed by atoms with van der Waals surface area (Å²) >= 11 is 0. The zero-order valence-electron chi connectivity index (χ0n) is 9.46. The molecule has 2 rings (SSSR count). The largest absolute Gasteiger partial charge is 0.354 e. The first kappa shape index (κ1) is 10.9. The van der Waals surface area contributed by atoms with Crippen molar-refractivity contribution in [2.75, 3.05) is 33.2 Å². The molecule has 0 aromatic rings. The molecule has 0 aromatic heterocycles. The van der Waals surface area contributed by atoms with Crippen molar-refractivity contribution >= 4 is 5.91 Å². The van der Waals surface area contributed by atoms with E-state index in [4.69, 9.17) is 0 Å². The zero-order valence-corrected chi connectivity index (χ0v) is 9.46. The first-order valence-electron chi connectivity index (χ1n) is 5.96. The predicted octanol–water partition coefficient (Wildman–Crippen LogP) is -0.194. The van der Waals surface area contributed by atoms with E-state index in [0.29, 0.717) is 6.04 Å². The number of hydrogen-bond acceptors (Lipinski definition) is 3. The number of carbonyl (C=O) groups excluding carboxylic acids is 1. The van der Waals surface area contributed by atoms with Crippen molar-refractivity contribution in [3.63, 3.8) is 0 Å². The quantitative estimate of drug-likeness (QED) is 0.680. The van der Waals surface area contributed by atoms with E-state index >= 15 is 0 Å². The molecule has 0 spiro atoms. The summed E-state index contributed by atoms with van der Waals surface area (Å²) in [5.74, 6) is 0.442. The van der Waals surface area contributed by atoms with Gasteiger partial charge < -0.3 is 15.5 Å². The summed E-state index contributed by atoms with van der Waals surface area (Å²) in [5.41, 5.74) is 0. The van der Waals surface area contributed by atoms with Crippen molar-refractivity contribution in [2.24, 2.45) is 5.92 Å². The summed E-state index contributed by atoms with van der Waals surface area (Å²) in [6, 6.07) is 0.559. The molecular formula is C11H21N3O. The van der Waals surface area contributed by atoms with E-state index in [1.165, 1.54) is 19.4 Å². The fourth-order valence-corrected chi connectivity index (χ4v) is 2.48. The molecule has 2 heterocycles. The number of carbonyl (C=O) groups is 1. The molecule has 1 amide bonds. The predicted molar refractivity (Wildman–Crippen MR) is 59.6 cm³/mol. The lowest BCUT2D eigenvalue weighted by Gasteiger charge is -2.20. The van der Waals surface area contributed by atoms with Gasteiger partial charge in [-0.25, -0.2) is 0 Å². The topological polar surface area (TPSA) is 44.4 Å². The second-order valence-electron chi connectivity index (χ2n) is 4.71. The monoisotopic (exact) mass is 211 g/mol. The summed E-state index contributed by atoms with van der Waals surface area (Å²) in [7, 11) is 2.14. The molecule has 0 bridgehead atoms. The summed E-state index contributed by atoms with van der Waals surface area (Å²) in [6.45, 7) is 3.84. The highest BCUT2D eigenvalue weighted by Gasteiger charge is 2.25. The zero-order chi connectivity index (χ0) is 10.7. The Hall–Kier alpha value is -0.610. The average molecular weight is 211 g/mol. The second kappa shape index (κ2) is 4.94. The maximum absolute atomic E-state index is 11.7. The number of hydrogen-bond donors (Lipinski definition) is 2. The fraction of sp³-hybridized carbons (Fsp3) is 0.909. The van der Waals surface area contributed by atoms with Crippen LogP contribution in [0.2, 0.25) is 0 Å². The first-order chi connectivity index (χ1) is 7.27. The van der Waals surface area contributed by atoms with Crippen molar-refractivity contribution in [2.45, 2.75) is 25.3 Å². The van der Waals surface area contributed by atoms with Gasteiger partial charge in [-0.1, -0.05) is 0 Å². The molecule has 2 aliphatic rings. The number of rotatable bonds is 3. The number of nitrogens with one attached hydrogen (secondary N) is 2. The highest BCUT2D eigenvalue weighted by atomic mass is 16.1. The van der Waals surface area contributed by atoms with Crippen LogP contribution in [0, 0.1) is 5.92 Å². The highest BCUT2D eigenvalue weighted by Crippen LogP contribution is 2.14. The standard InChI is InChI=1S/C11H21N3O/c1-14-6-2-3-10(14)8-13-11(15)9-4-5-12-7-9/h9-10,12H,2-8H2,1H3,(H,13,15). The molecule has 4 heteroatoms. The number of amides is 1. The van der Waals surface area contributed by atoms with Gasteiger partial charge in [0.2, 0.25) is 5.91 Å². The van der Waals surface area contributed by atoms with Crippen LogP contribution in [0.15, 0.2) is 0 Å². The van der Waals surface area contributed by atoms with Gasteiger partial charge in [0, 0.05) is 19.1 Å². The molecule has 86 valence electrons. The van der Waals surface area contributed by atoms with Crippen LogP contribution in [0.5, 0.6) is 0 Å². The Bertz CT molecular complexity index is 226. The van der Waals surface area contributed by atoms with Crippen LogP contribution in [0.1, 0.15) is 19.3 Å². The molecule has 2 unspecified atom stereocenters. The summed E-state index contributed by atoms with van der Waals surface area (Å²) in [4.78, 5) is 14.1. The summed E-state index contributed by atoms with van der Waals surface area (Å²) < 4.78 is 0. The maximum atomic E-state index is 11.7. The lowest BCUT2D eigenvalue weighted by molar-refractivity contribution is -0.124. The Morgan fingerprint density at radius 1 is 1.53 bits per heavy atom. The van der Waals surface area contributed by atoms with Gasteiger partial charge in [-0.3, -0.25) is 4.79 Å². The van der Waals surface area contributed by atoms with E-state index in [2.05, 4.69) is 22.6 Å². The normalized spacial score (nSPS) is 32.1. The third-order valence-electron chi connectivity index (χ3n) is 3.61. The average Bonchev–Trinajstić information content (AvgIpc) is 2.85. The van der Waals surface area contributed by atoms with Crippen molar-refractivity contribution in [1.82, 2.24) is 15.5 Å². The minimum absolute atomic E-state index is 0.205. The molecule has 2 fully saturated rings.